The van der Waals surface area contributed by atoms with Gasteiger partial charge in [0.1, 0.15) is 12.6 Å². The predicted molar refractivity (Wildman–Crippen MR) is 99.4 cm³/mol. The van der Waals surface area contributed by atoms with Gasteiger partial charge >= 0.3 is 12.1 Å². The number of likely N-dealkylation sites (tertiary alicyclic amines) is 1. The van der Waals surface area contributed by atoms with Crippen molar-refractivity contribution in [2.45, 2.75) is 45.8 Å². The van der Waals surface area contributed by atoms with Gasteiger partial charge in [-0.3, -0.25) is 4.90 Å². The molecule has 1 aliphatic rings. The van der Waals surface area contributed by atoms with Crippen molar-refractivity contribution in [1.82, 2.24) is 4.90 Å². The van der Waals surface area contributed by atoms with Crippen molar-refractivity contribution in [3.63, 3.8) is 0 Å². The van der Waals surface area contributed by atoms with E-state index in [1.807, 2.05) is 44.2 Å². The molecule has 136 valence electrons. The molecule has 0 spiro atoms. The number of esters is 1. The van der Waals surface area contributed by atoms with Crippen molar-refractivity contribution in [3.8, 4) is 0 Å². The molecule has 1 saturated heterocycles. The van der Waals surface area contributed by atoms with E-state index in [1.165, 1.54) is 4.90 Å². The van der Waals surface area contributed by atoms with Crippen molar-refractivity contribution in [2.24, 2.45) is 5.92 Å². The highest BCUT2D eigenvalue weighted by Crippen LogP contribution is 2.27. The maximum absolute atomic E-state index is 12.5. The van der Waals surface area contributed by atoms with E-state index in [2.05, 4.69) is 0 Å². The molecule has 6 heteroatoms. The third-order valence-corrected chi connectivity index (χ3v) is 4.66. The van der Waals surface area contributed by atoms with Gasteiger partial charge in [-0.05, 0) is 30.2 Å². The summed E-state index contributed by atoms with van der Waals surface area (Å²) in [6.07, 6.45) is 1.77. The Morgan fingerprint density at radius 3 is 2.60 bits per heavy atom. The van der Waals surface area contributed by atoms with Crippen LogP contribution in [0.5, 0.6) is 0 Å². The number of thiocarbonyl (C=S) groups is 1. The Hall–Kier alpha value is -1.95. The van der Waals surface area contributed by atoms with Gasteiger partial charge < -0.3 is 9.47 Å². The Labute approximate surface area is 154 Å². The number of unbranched alkanes of at least 4 members (excludes halogenated alkanes) is 1. The van der Waals surface area contributed by atoms with Gasteiger partial charge in [-0.25, -0.2) is 9.59 Å². The van der Waals surface area contributed by atoms with Crippen molar-refractivity contribution in [2.75, 3.05) is 13.2 Å². The van der Waals surface area contributed by atoms with Crippen molar-refractivity contribution >= 4 is 29.1 Å². The van der Waals surface area contributed by atoms with Crippen LogP contribution in [0, 0.1) is 5.92 Å². The molecule has 0 saturated carbocycles. The van der Waals surface area contributed by atoms with Crippen LogP contribution in [-0.4, -0.2) is 41.0 Å². The predicted octanol–water partition coefficient (Wildman–Crippen LogP) is 3.75. The topological polar surface area (TPSA) is 55.8 Å². The Bertz CT molecular complexity index is 605. The fraction of sp³-hybridized carbons (Fsp3) is 0.526. The maximum atomic E-state index is 12.5. The number of carbonyl (C=O) groups is 2. The molecule has 2 atom stereocenters. The van der Waals surface area contributed by atoms with E-state index in [0.29, 0.717) is 19.6 Å². The summed E-state index contributed by atoms with van der Waals surface area (Å²) in [5.74, 6) is -0.391. The summed E-state index contributed by atoms with van der Waals surface area (Å²) in [6.45, 7) is 4.83. The van der Waals surface area contributed by atoms with Gasteiger partial charge in [-0.2, -0.15) is 0 Å². The van der Waals surface area contributed by atoms with E-state index in [9.17, 15) is 9.59 Å². The number of rotatable bonds is 7. The molecule has 5 nitrogen and oxygen atoms in total. The summed E-state index contributed by atoms with van der Waals surface area (Å²) < 4.78 is 10.7. The third-order valence-electron chi connectivity index (χ3n) is 4.33. The van der Waals surface area contributed by atoms with Gasteiger partial charge in [-0.15, -0.1) is 0 Å². The molecule has 0 unspecified atom stereocenters. The van der Waals surface area contributed by atoms with Crippen LogP contribution < -0.4 is 0 Å². The molecule has 1 aromatic carbocycles. The number of carbonyl (C=O) groups excluding carboxylic acids is 2. The highest BCUT2D eigenvalue weighted by molar-refractivity contribution is 7.80. The first kappa shape index (κ1) is 19.4. The first-order chi connectivity index (χ1) is 12.0. The van der Waals surface area contributed by atoms with E-state index >= 15 is 0 Å². The maximum Gasteiger partial charge on any atom is 0.410 e. The second kappa shape index (κ2) is 9.51. The Kier molecular flexibility index (Phi) is 7.37. The van der Waals surface area contributed by atoms with Crippen LogP contribution in [0.1, 0.15) is 38.7 Å². The average Bonchev–Trinajstić information content (AvgIpc) is 3.06. The fourth-order valence-corrected chi connectivity index (χ4v) is 2.94. The molecule has 2 rings (SSSR count). The van der Waals surface area contributed by atoms with E-state index < -0.39 is 18.1 Å². The van der Waals surface area contributed by atoms with Gasteiger partial charge in [0.05, 0.1) is 6.61 Å². The summed E-state index contributed by atoms with van der Waals surface area (Å²) in [5, 5.41) is 0. The summed E-state index contributed by atoms with van der Waals surface area (Å²) in [7, 11) is 0. The van der Waals surface area contributed by atoms with Gasteiger partial charge in [-0.1, -0.05) is 55.9 Å². The van der Waals surface area contributed by atoms with Crippen LogP contribution in [-0.2, 0) is 20.9 Å². The molecule has 0 aliphatic carbocycles. The lowest BCUT2D eigenvalue weighted by Gasteiger charge is -2.22. The molecule has 0 radical (unpaired) electrons. The second-order valence-corrected chi connectivity index (χ2v) is 6.92. The van der Waals surface area contributed by atoms with Crippen LogP contribution in [0.2, 0.25) is 0 Å². The molecule has 0 bridgehead atoms. The summed E-state index contributed by atoms with van der Waals surface area (Å²) in [6, 6.07) is 8.83. The van der Waals surface area contributed by atoms with Crippen LogP contribution in [0.15, 0.2) is 30.3 Å². The van der Waals surface area contributed by atoms with Crippen LogP contribution >= 0.6 is 12.2 Å². The summed E-state index contributed by atoms with van der Waals surface area (Å²) in [4.78, 5) is 27.1. The minimum atomic E-state index is -0.638. The smallest absolute Gasteiger partial charge is 0.410 e. The van der Waals surface area contributed by atoms with Crippen LogP contribution in [0.3, 0.4) is 0 Å². The molecule has 1 amide bonds. The molecule has 1 fully saturated rings. The second-order valence-electron chi connectivity index (χ2n) is 6.27. The van der Waals surface area contributed by atoms with Gasteiger partial charge in [0.2, 0.25) is 0 Å². The van der Waals surface area contributed by atoms with E-state index in [4.69, 9.17) is 21.7 Å². The Morgan fingerprint density at radius 1 is 1.24 bits per heavy atom. The first-order valence-electron chi connectivity index (χ1n) is 8.67. The molecule has 0 aromatic heterocycles. The number of hydrogen-bond donors (Lipinski definition) is 0. The Morgan fingerprint density at radius 2 is 1.96 bits per heavy atom. The van der Waals surface area contributed by atoms with Crippen LogP contribution in [0.25, 0.3) is 0 Å². The molecule has 1 aliphatic heterocycles. The first-order valence-corrected chi connectivity index (χ1v) is 9.08. The molecular weight excluding hydrogens is 338 g/mol. The van der Waals surface area contributed by atoms with Gasteiger partial charge in [0.25, 0.3) is 0 Å². The molecule has 0 N–H and O–H groups in total. The van der Waals surface area contributed by atoms with Crippen molar-refractivity contribution in [3.05, 3.63) is 35.9 Å². The summed E-state index contributed by atoms with van der Waals surface area (Å²) in [5.41, 5.74) is 0.911. The average molecular weight is 363 g/mol. The van der Waals surface area contributed by atoms with Gasteiger partial charge in [0, 0.05) is 12.5 Å². The molecule has 1 heterocycles. The highest BCUT2D eigenvalue weighted by atomic mass is 32.1. The lowest BCUT2D eigenvalue weighted by Crippen LogP contribution is -2.41. The minimum absolute atomic E-state index is 0.0167. The van der Waals surface area contributed by atoms with Crippen molar-refractivity contribution < 1.29 is 19.1 Å². The Balaban J connectivity index is 1.99. The van der Waals surface area contributed by atoms with Crippen LogP contribution in [0.4, 0.5) is 4.79 Å². The number of benzene rings is 1. The summed E-state index contributed by atoms with van der Waals surface area (Å²) >= 11 is 5.25. The lowest BCUT2D eigenvalue weighted by atomic mass is 10.0. The molecule has 25 heavy (non-hydrogen) atoms. The number of amides is 1. The SMILES string of the molecule is CCCCOC(=O)N1C[C@H](C(C)=S)C[C@H]1C(=O)OCc1ccccc1. The fourth-order valence-electron chi connectivity index (χ4n) is 2.77. The molecular formula is C19H25NO4S. The standard InChI is InChI=1S/C19H25NO4S/c1-3-4-10-23-19(22)20-12-16(14(2)25)11-17(20)18(21)24-13-15-8-6-5-7-9-15/h5-9,16-17H,3-4,10-13H2,1-2H3/t16-,17+/m1/s1. The number of ether oxygens (including phenoxy) is 2. The van der Waals surface area contributed by atoms with Gasteiger partial charge in [0.15, 0.2) is 0 Å². The quantitative estimate of drug-likeness (QED) is 0.419. The largest absolute Gasteiger partial charge is 0.459 e. The van der Waals surface area contributed by atoms with Crippen molar-refractivity contribution in [1.29, 1.82) is 0 Å². The number of hydrogen-bond acceptors (Lipinski definition) is 5. The minimum Gasteiger partial charge on any atom is -0.459 e. The normalized spacial score (nSPS) is 19.5. The number of nitrogens with zero attached hydrogens (tertiary/aromatic N) is 1. The zero-order chi connectivity index (χ0) is 18.2. The monoisotopic (exact) mass is 363 g/mol. The van der Waals surface area contributed by atoms with E-state index in [-0.39, 0.29) is 12.5 Å². The highest BCUT2D eigenvalue weighted by Gasteiger charge is 2.42. The van der Waals surface area contributed by atoms with E-state index in [1.54, 1.807) is 0 Å². The lowest BCUT2D eigenvalue weighted by molar-refractivity contribution is -0.149. The zero-order valence-corrected chi connectivity index (χ0v) is 15.6. The molecule has 1 aromatic rings. The van der Waals surface area contributed by atoms with E-state index in [0.717, 1.165) is 23.3 Å². The zero-order valence-electron chi connectivity index (χ0n) is 14.8. The third kappa shape index (κ3) is 5.53.